The molecule has 5 nitrogen and oxygen atoms in total. The second-order valence-electron chi connectivity index (χ2n) is 5.38. The number of hydrogen-bond acceptors (Lipinski definition) is 4. The van der Waals surface area contributed by atoms with Gasteiger partial charge in [-0.25, -0.2) is 0 Å². The largest absolute Gasteiger partial charge is 0.383 e. The lowest BCUT2D eigenvalue weighted by Crippen LogP contribution is -2.42. The summed E-state index contributed by atoms with van der Waals surface area (Å²) < 4.78 is 4.89. The maximum atomic E-state index is 11.6. The molecule has 1 atom stereocenters. The molecule has 1 rings (SSSR count). The van der Waals surface area contributed by atoms with Gasteiger partial charge in [-0.2, -0.15) is 0 Å². The highest BCUT2D eigenvalue weighted by Crippen LogP contribution is 2.20. The number of ether oxygens (including phenoxy) is 1. The zero-order valence-electron chi connectivity index (χ0n) is 11.4. The molecule has 0 aromatic carbocycles. The van der Waals surface area contributed by atoms with Gasteiger partial charge < -0.3 is 15.4 Å². The van der Waals surface area contributed by atoms with E-state index in [1.165, 1.54) is 0 Å². The van der Waals surface area contributed by atoms with Crippen molar-refractivity contribution in [1.29, 1.82) is 0 Å². The van der Waals surface area contributed by atoms with Crippen molar-refractivity contribution in [3.8, 4) is 0 Å². The van der Waals surface area contributed by atoms with E-state index < -0.39 is 0 Å². The van der Waals surface area contributed by atoms with Crippen molar-refractivity contribution >= 4 is 5.91 Å². The number of likely N-dealkylation sites (N-methyl/N-ethyl adjacent to an activating group) is 1. The highest BCUT2D eigenvalue weighted by atomic mass is 16.5. The summed E-state index contributed by atoms with van der Waals surface area (Å²) in [6.07, 6.45) is 1.08. The van der Waals surface area contributed by atoms with E-state index in [0.29, 0.717) is 25.7 Å². The number of nitrogens with one attached hydrogen (secondary N) is 2. The Morgan fingerprint density at radius 2 is 2.29 bits per heavy atom. The predicted molar refractivity (Wildman–Crippen MR) is 68.0 cm³/mol. The normalized spacial score (nSPS) is 23.0. The molecule has 1 amide bonds. The van der Waals surface area contributed by atoms with Gasteiger partial charge in [0.2, 0.25) is 5.91 Å². The maximum absolute atomic E-state index is 11.6. The Hall–Kier alpha value is -0.650. The van der Waals surface area contributed by atoms with Gasteiger partial charge in [-0.1, -0.05) is 0 Å². The lowest BCUT2D eigenvalue weighted by atomic mass is 10.0. The Morgan fingerprint density at radius 1 is 1.59 bits per heavy atom. The average Bonchev–Trinajstić information content (AvgIpc) is 2.59. The van der Waals surface area contributed by atoms with Crippen LogP contribution in [0.15, 0.2) is 0 Å². The standard InChI is InChI=1S/C12H25N3O2/c1-12(2)7-10(8-14-12)15(3)9-11(16)13-5-6-17-4/h10,14H,5-9H2,1-4H3,(H,13,16). The molecule has 0 saturated carbocycles. The minimum atomic E-state index is 0.0641. The summed E-state index contributed by atoms with van der Waals surface area (Å²) in [5, 5.41) is 6.29. The fourth-order valence-electron chi connectivity index (χ4n) is 2.14. The van der Waals surface area contributed by atoms with Gasteiger partial charge in [0.25, 0.3) is 0 Å². The second kappa shape index (κ2) is 6.33. The van der Waals surface area contributed by atoms with Crippen LogP contribution in [0, 0.1) is 0 Å². The summed E-state index contributed by atoms with van der Waals surface area (Å²) in [5.41, 5.74) is 0.186. The number of methoxy groups -OCH3 is 1. The first kappa shape index (κ1) is 14.4. The molecule has 1 fully saturated rings. The van der Waals surface area contributed by atoms with Crippen LogP contribution in [0.1, 0.15) is 20.3 Å². The Morgan fingerprint density at radius 3 is 2.82 bits per heavy atom. The van der Waals surface area contributed by atoms with Crippen molar-refractivity contribution in [2.24, 2.45) is 0 Å². The van der Waals surface area contributed by atoms with Gasteiger partial charge in [-0.15, -0.1) is 0 Å². The highest BCUT2D eigenvalue weighted by molar-refractivity contribution is 5.78. The van der Waals surface area contributed by atoms with Crippen LogP contribution >= 0.6 is 0 Å². The van der Waals surface area contributed by atoms with Crippen LogP contribution < -0.4 is 10.6 Å². The van der Waals surface area contributed by atoms with Crippen molar-refractivity contribution in [3.63, 3.8) is 0 Å². The highest BCUT2D eigenvalue weighted by Gasteiger charge is 2.32. The number of rotatable bonds is 6. The zero-order chi connectivity index (χ0) is 12.9. The third kappa shape index (κ3) is 5.02. The Bertz CT molecular complexity index is 256. The van der Waals surface area contributed by atoms with Gasteiger partial charge in [0, 0.05) is 31.8 Å². The molecule has 17 heavy (non-hydrogen) atoms. The molecule has 5 heteroatoms. The Labute approximate surface area is 104 Å². The van der Waals surface area contributed by atoms with E-state index >= 15 is 0 Å². The number of hydrogen-bond donors (Lipinski definition) is 2. The SMILES string of the molecule is COCCNC(=O)CN(C)C1CNC(C)(C)C1. The Kier molecular flexibility index (Phi) is 5.36. The number of nitrogens with zero attached hydrogens (tertiary/aromatic N) is 1. The van der Waals surface area contributed by atoms with Gasteiger partial charge in [-0.05, 0) is 27.3 Å². The molecule has 1 heterocycles. The molecule has 0 aliphatic carbocycles. The van der Waals surface area contributed by atoms with Crippen molar-refractivity contribution in [2.45, 2.75) is 31.8 Å². The summed E-state index contributed by atoms with van der Waals surface area (Å²) in [6, 6.07) is 0.443. The minimum Gasteiger partial charge on any atom is -0.383 e. The van der Waals surface area contributed by atoms with Gasteiger partial charge >= 0.3 is 0 Å². The molecule has 2 N–H and O–H groups in total. The second-order valence-corrected chi connectivity index (χ2v) is 5.38. The first-order chi connectivity index (χ1) is 7.94. The van der Waals surface area contributed by atoms with Gasteiger partial charge in [0.15, 0.2) is 0 Å². The molecular formula is C12H25N3O2. The van der Waals surface area contributed by atoms with Crippen LogP contribution in [-0.2, 0) is 9.53 Å². The molecule has 1 unspecified atom stereocenters. The van der Waals surface area contributed by atoms with Crippen LogP contribution in [0.3, 0.4) is 0 Å². The zero-order valence-corrected chi connectivity index (χ0v) is 11.4. The molecule has 1 saturated heterocycles. The van der Waals surface area contributed by atoms with E-state index in [1.807, 2.05) is 7.05 Å². The first-order valence-electron chi connectivity index (χ1n) is 6.15. The molecular weight excluding hydrogens is 218 g/mol. The van der Waals surface area contributed by atoms with Crippen molar-refractivity contribution in [2.75, 3.05) is 40.4 Å². The molecule has 0 spiro atoms. The molecule has 1 aliphatic heterocycles. The van der Waals surface area contributed by atoms with Crippen molar-refractivity contribution in [1.82, 2.24) is 15.5 Å². The third-order valence-corrected chi connectivity index (χ3v) is 3.21. The van der Waals surface area contributed by atoms with E-state index in [9.17, 15) is 4.79 Å². The number of carbonyl (C=O) groups excluding carboxylic acids is 1. The van der Waals surface area contributed by atoms with Crippen LogP contribution in [0.5, 0.6) is 0 Å². The Balaban J connectivity index is 2.25. The minimum absolute atomic E-state index is 0.0641. The summed E-state index contributed by atoms with van der Waals surface area (Å²) >= 11 is 0. The number of amides is 1. The van der Waals surface area contributed by atoms with Gasteiger partial charge in [-0.3, -0.25) is 9.69 Å². The van der Waals surface area contributed by atoms with Crippen molar-refractivity contribution < 1.29 is 9.53 Å². The van der Waals surface area contributed by atoms with Gasteiger partial charge in [0.05, 0.1) is 13.2 Å². The molecule has 0 aromatic heterocycles. The van der Waals surface area contributed by atoms with E-state index in [0.717, 1.165) is 13.0 Å². The first-order valence-corrected chi connectivity index (χ1v) is 6.15. The lowest BCUT2D eigenvalue weighted by Gasteiger charge is -2.24. The van der Waals surface area contributed by atoms with Crippen LogP contribution in [-0.4, -0.2) is 62.8 Å². The van der Waals surface area contributed by atoms with E-state index in [2.05, 4.69) is 29.4 Å². The average molecular weight is 243 g/mol. The van der Waals surface area contributed by atoms with Crippen molar-refractivity contribution in [3.05, 3.63) is 0 Å². The molecule has 100 valence electrons. The molecule has 0 radical (unpaired) electrons. The maximum Gasteiger partial charge on any atom is 0.234 e. The quantitative estimate of drug-likeness (QED) is 0.636. The fourth-order valence-corrected chi connectivity index (χ4v) is 2.14. The number of carbonyl (C=O) groups is 1. The van der Waals surface area contributed by atoms with E-state index in [4.69, 9.17) is 4.74 Å². The summed E-state index contributed by atoms with van der Waals surface area (Å²) in [6.45, 7) is 6.94. The molecule has 0 aromatic rings. The van der Waals surface area contributed by atoms with E-state index in [1.54, 1.807) is 7.11 Å². The fraction of sp³-hybridized carbons (Fsp3) is 0.917. The third-order valence-electron chi connectivity index (χ3n) is 3.21. The van der Waals surface area contributed by atoms with Gasteiger partial charge in [0.1, 0.15) is 0 Å². The topological polar surface area (TPSA) is 53.6 Å². The summed E-state index contributed by atoms with van der Waals surface area (Å²) in [7, 11) is 3.63. The van der Waals surface area contributed by atoms with Crippen LogP contribution in [0.4, 0.5) is 0 Å². The predicted octanol–water partition coefficient (Wildman–Crippen LogP) is -0.179. The van der Waals surface area contributed by atoms with Crippen LogP contribution in [0.25, 0.3) is 0 Å². The molecule has 1 aliphatic rings. The summed E-state index contributed by atoms with van der Waals surface area (Å²) in [4.78, 5) is 13.7. The lowest BCUT2D eigenvalue weighted by molar-refractivity contribution is -0.122. The monoisotopic (exact) mass is 243 g/mol. The smallest absolute Gasteiger partial charge is 0.234 e. The molecule has 0 bridgehead atoms. The van der Waals surface area contributed by atoms with Crippen LogP contribution in [0.2, 0.25) is 0 Å². The van der Waals surface area contributed by atoms with E-state index in [-0.39, 0.29) is 11.4 Å². The summed E-state index contributed by atoms with van der Waals surface area (Å²) in [5.74, 6) is 0.0641.